The number of nitrogens with zero attached hydrogens (tertiary/aromatic N) is 1. The molecule has 5 rings (SSSR count). The van der Waals surface area contributed by atoms with Crippen LogP contribution in [-0.4, -0.2) is 4.57 Å². The summed E-state index contributed by atoms with van der Waals surface area (Å²) in [6.45, 7) is 4.41. The van der Waals surface area contributed by atoms with Gasteiger partial charge in [-0.3, -0.25) is 0 Å². The third-order valence-corrected chi connectivity index (χ3v) is 4.84. The molecule has 0 spiro atoms. The van der Waals surface area contributed by atoms with Crippen molar-refractivity contribution >= 4 is 38.7 Å². The summed E-state index contributed by atoms with van der Waals surface area (Å²) in [6.07, 6.45) is 0. The maximum atomic E-state index is 4.93. The quantitative estimate of drug-likeness (QED) is 0.213. The molecule has 5 aromatic rings. The van der Waals surface area contributed by atoms with Gasteiger partial charge in [0.2, 0.25) is 0 Å². The summed E-state index contributed by atoms with van der Waals surface area (Å²) in [7, 11) is 9.87. The zero-order chi connectivity index (χ0) is 19.9. The molecule has 0 unspecified atom stereocenters. The summed E-state index contributed by atoms with van der Waals surface area (Å²) < 4.78 is 2.37. The number of benzene rings is 2. The molecule has 0 aliphatic carbocycles. The minimum absolute atomic E-state index is 0.826. The zero-order valence-corrected chi connectivity index (χ0v) is 19.8. The monoisotopic (exact) mass is 483 g/mol. The summed E-state index contributed by atoms with van der Waals surface area (Å²) in [6, 6.07) is 31.7. The van der Waals surface area contributed by atoms with E-state index in [1.807, 2.05) is 30.3 Å². The van der Waals surface area contributed by atoms with E-state index in [-0.39, 0.29) is 0 Å². The van der Waals surface area contributed by atoms with Crippen LogP contribution in [0.2, 0.25) is 0 Å². The SMILES string of the molecule is Cc1c(C)n(-c2cc3ccccc3[cH-]2)c2ccccc12.[Cl][Zr+2][Cl].c1cc[cH-]c1. The van der Waals surface area contributed by atoms with Gasteiger partial charge in [-0.1, -0.05) is 24.3 Å². The van der Waals surface area contributed by atoms with Gasteiger partial charge < -0.3 is 4.57 Å². The second kappa shape index (κ2) is 10.3. The van der Waals surface area contributed by atoms with Crippen LogP contribution in [0.4, 0.5) is 0 Å². The summed E-state index contributed by atoms with van der Waals surface area (Å²) in [5.41, 5.74) is 5.23. The van der Waals surface area contributed by atoms with Gasteiger partial charge in [0.15, 0.2) is 0 Å². The van der Waals surface area contributed by atoms with Crippen LogP contribution in [0.15, 0.2) is 91.0 Å². The molecule has 4 heteroatoms. The predicted octanol–water partition coefficient (Wildman–Crippen LogP) is 7.90. The first-order chi connectivity index (χ1) is 13.7. The van der Waals surface area contributed by atoms with Crippen molar-refractivity contribution in [3.8, 4) is 5.69 Å². The summed E-state index contributed by atoms with van der Waals surface area (Å²) >= 11 is -0.826. The predicted molar refractivity (Wildman–Crippen MR) is 120 cm³/mol. The van der Waals surface area contributed by atoms with E-state index in [0.29, 0.717) is 0 Å². The molecular formula is C24H21Cl2NZr. The molecule has 1 nitrogen and oxygen atoms in total. The Balaban J connectivity index is 0.000000238. The standard InChI is InChI=1S/C19H16N.C5H5.2ClH.Zr/c1-13-14(2)20(19-10-6-5-9-18(13)19)17-11-15-7-3-4-8-16(15)12-17;1-2-4-5-3-1;;;/h3-12H,1-2H3;1-5H;2*1H;/q2*-1;;;+4/p-2. The molecule has 140 valence electrons. The van der Waals surface area contributed by atoms with Crippen LogP contribution in [0.1, 0.15) is 11.3 Å². The molecule has 0 saturated carbocycles. The summed E-state index contributed by atoms with van der Waals surface area (Å²) in [4.78, 5) is 0. The number of para-hydroxylation sites is 1. The van der Waals surface area contributed by atoms with Crippen molar-refractivity contribution in [1.82, 2.24) is 4.57 Å². The molecule has 0 bridgehead atoms. The fourth-order valence-corrected chi connectivity index (χ4v) is 3.45. The van der Waals surface area contributed by atoms with Crippen LogP contribution in [0.5, 0.6) is 0 Å². The molecule has 1 aromatic heterocycles. The van der Waals surface area contributed by atoms with Crippen molar-refractivity contribution < 1.29 is 20.8 Å². The molecule has 1 heterocycles. The molecular weight excluding hydrogens is 464 g/mol. The Morgan fingerprint density at radius 2 is 1.50 bits per heavy atom. The van der Waals surface area contributed by atoms with Crippen LogP contribution in [-0.2, 0) is 20.8 Å². The zero-order valence-electron chi connectivity index (χ0n) is 15.9. The maximum absolute atomic E-state index is 4.93. The van der Waals surface area contributed by atoms with Gasteiger partial charge in [-0.15, -0.1) is 41.1 Å². The third kappa shape index (κ3) is 4.69. The molecule has 0 atom stereocenters. The fraction of sp³-hybridized carbons (Fsp3) is 0.0833. The number of hydrogen-bond donors (Lipinski definition) is 0. The molecule has 0 aliphatic rings. The minimum Gasteiger partial charge on any atom is -0.214 e. The number of aryl methyl sites for hydroxylation is 1. The smallest absolute Gasteiger partial charge is 0.172 e. The van der Waals surface area contributed by atoms with E-state index in [9.17, 15) is 0 Å². The molecule has 0 aliphatic heterocycles. The van der Waals surface area contributed by atoms with Crippen molar-refractivity contribution in [2.75, 3.05) is 0 Å². The molecule has 0 fully saturated rings. The van der Waals surface area contributed by atoms with Gasteiger partial charge in [-0.25, -0.2) is 12.1 Å². The topological polar surface area (TPSA) is 4.93 Å². The van der Waals surface area contributed by atoms with Gasteiger partial charge in [-0.2, -0.15) is 18.2 Å². The maximum Gasteiger partial charge on any atom is -0.172 e. The summed E-state index contributed by atoms with van der Waals surface area (Å²) in [5.74, 6) is 0. The minimum atomic E-state index is -0.826. The number of aromatic nitrogens is 1. The Hall–Kier alpha value is -1.60. The van der Waals surface area contributed by atoms with E-state index in [4.69, 9.17) is 17.0 Å². The number of rotatable bonds is 1. The van der Waals surface area contributed by atoms with Gasteiger partial charge in [0.1, 0.15) is 0 Å². The van der Waals surface area contributed by atoms with Gasteiger partial charge in [0, 0.05) is 11.1 Å². The Morgan fingerprint density at radius 1 is 0.857 bits per heavy atom. The first-order valence-electron chi connectivity index (χ1n) is 9.02. The van der Waals surface area contributed by atoms with Gasteiger partial charge in [0.25, 0.3) is 0 Å². The number of halogens is 2. The molecule has 28 heavy (non-hydrogen) atoms. The normalized spacial score (nSPS) is 10.0. The van der Waals surface area contributed by atoms with E-state index < -0.39 is 20.8 Å². The summed E-state index contributed by atoms with van der Waals surface area (Å²) in [5, 5.41) is 3.95. The van der Waals surface area contributed by atoms with Crippen LogP contribution in [0, 0.1) is 13.8 Å². The van der Waals surface area contributed by atoms with Crippen LogP contribution in [0.25, 0.3) is 27.4 Å². The molecule has 0 saturated heterocycles. The molecule has 0 amide bonds. The van der Waals surface area contributed by atoms with Crippen molar-refractivity contribution in [2.24, 2.45) is 0 Å². The van der Waals surface area contributed by atoms with Crippen molar-refractivity contribution in [2.45, 2.75) is 13.8 Å². The Morgan fingerprint density at radius 3 is 2.14 bits per heavy atom. The average molecular weight is 486 g/mol. The van der Waals surface area contributed by atoms with Gasteiger partial charge in [-0.05, 0) is 31.2 Å². The number of fused-ring (bicyclic) bond motifs is 2. The Labute approximate surface area is 184 Å². The molecule has 0 N–H and O–H groups in total. The van der Waals surface area contributed by atoms with Crippen molar-refractivity contribution in [3.05, 3.63) is 102 Å². The Kier molecular flexibility index (Phi) is 7.74. The molecule has 4 aromatic carbocycles. The van der Waals surface area contributed by atoms with Crippen LogP contribution < -0.4 is 0 Å². The van der Waals surface area contributed by atoms with Crippen LogP contribution in [0.3, 0.4) is 0 Å². The van der Waals surface area contributed by atoms with Gasteiger partial charge in [0.05, 0.1) is 5.52 Å². The average Bonchev–Trinajstić information content (AvgIpc) is 3.45. The van der Waals surface area contributed by atoms with E-state index in [1.54, 1.807) is 0 Å². The van der Waals surface area contributed by atoms with E-state index >= 15 is 0 Å². The first-order valence-corrected chi connectivity index (χ1v) is 15.4. The fourth-order valence-electron chi connectivity index (χ4n) is 3.45. The third-order valence-electron chi connectivity index (χ3n) is 4.84. The first kappa shape index (κ1) is 21.1. The number of hydrogen-bond acceptors (Lipinski definition) is 0. The van der Waals surface area contributed by atoms with E-state index in [1.165, 1.54) is 38.6 Å². The Bertz CT molecular complexity index is 1090. The van der Waals surface area contributed by atoms with Crippen molar-refractivity contribution in [1.29, 1.82) is 0 Å². The van der Waals surface area contributed by atoms with Crippen LogP contribution >= 0.6 is 17.0 Å². The van der Waals surface area contributed by atoms with E-state index in [0.717, 1.165) is 0 Å². The van der Waals surface area contributed by atoms with Crippen molar-refractivity contribution in [3.63, 3.8) is 0 Å². The van der Waals surface area contributed by atoms with E-state index in [2.05, 4.69) is 79.1 Å². The largest absolute Gasteiger partial charge is 0.214 e. The second-order valence-corrected chi connectivity index (χ2v) is 10.2. The van der Waals surface area contributed by atoms with Gasteiger partial charge >= 0.3 is 37.9 Å². The molecule has 0 radical (unpaired) electrons. The second-order valence-electron chi connectivity index (χ2n) is 6.44.